The number of nitrogens with zero attached hydrogens (tertiary/aromatic N) is 5. The molecule has 0 bridgehead atoms. The molecular formula is C20H27N5O2. The summed E-state index contributed by atoms with van der Waals surface area (Å²) in [7, 11) is 0. The van der Waals surface area contributed by atoms with E-state index in [4.69, 9.17) is 4.52 Å². The number of carbonyl (C=O) groups excluding carboxylic acids is 1. The van der Waals surface area contributed by atoms with Gasteiger partial charge in [-0.05, 0) is 37.9 Å². The molecule has 2 saturated heterocycles. The van der Waals surface area contributed by atoms with E-state index in [0.29, 0.717) is 18.9 Å². The molecule has 0 N–H and O–H groups in total. The molecule has 0 unspecified atom stereocenters. The Morgan fingerprint density at radius 1 is 1.22 bits per heavy atom. The zero-order chi connectivity index (χ0) is 18.7. The Hall–Kier alpha value is -2.28. The van der Waals surface area contributed by atoms with Crippen molar-refractivity contribution in [2.24, 2.45) is 5.41 Å². The Balaban J connectivity index is 1.42. The van der Waals surface area contributed by atoms with Gasteiger partial charge in [-0.15, -0.1) is 0 Å². The third kappa shape index (κ3) is 4.18. The second kappa shape index (κ2) is 7.76. The van der Waals surface area contributed by atoms with E-state index >= 15 is 0 Å². The van der Waals surface area contributed by atoms with E-state index in [-0.39, 0.29) is 11.3 Å². The number of aryl methyl sites for hydroxylation is 1. The molecule has 1 atom stereocenters. The highest BCUT2D eigenvalue weighted by atomic mass is 16.5. The Morgan fingerprint density at radius 3 is 2.93 bits per heavy atom. The van der Waals surface area contributed by atoms with Crippen molar-refractivity contribution >= 4 is 5.91 Å². The van der Waals surface area contributed by atoms with Crippen LogP contribution >= 0.6 is 0 Å². The average molecular weight is 369 g/mol. The van der Waals surface area contributed by atoms with Gasteiger partial charge in [0.25, 0.3) is 0 Å². The number of likely N-dealkylation sites (tertiary alicyclic amines) is 2. The third-order valence-corrected chi connectivity index (χ3v) is 5.75. The van der Waals surface area contributed by atoms with Crippen molar-refractivity contribution in [2.45, 2.75) is 52.1 Å². The van der Waals surface area contributed by atoms with Gasteiger partial charge in [-0.3, -0.25) is 14.7 Å². The first-order valence-electron chi connectivity index (χ1n) is 9.87. The molecule has 7 nitrogen and oxygen atoms in total. The summed E-state index contributed by atoms with van der Waals surface area (Å²) in [4.78, 5) is 25.7. The van der Waals surface area contributed by atoms with Gasteiger partial charge in [0.1, 0.15) is 0 Å². The number of hydrogen-bond acceptors (Lipinski definition) is 6. The molecule has 0 saturated carbocycles. The summed E-state index contributed by atoms with van der Waals surface area (Å²) in [6.07, 6.45) is 6.46. The van der Waals surface area contributed by atoms with Crippen LogP contribution in [0.4, 0.5) is 0 Å². The number of piperidine rings is 2. The lowest BCUT2D eigenvalue weighted by molar-refractivity contribution is -0.140. The van der Waals surface area contributed by atoms with Gasteiger partial charge in [0.15, 0.2) is 5.82 Å². The van der Waals surface area contributed by atoms with Crippen LogP contribution in [0.1, 0.15) is 50.0 Å². The van der Waals surface area contributed by atoms with Gasteiger partial charge in [-0.1, -0.05) is 18.1 Å². The van der Waals surface area contributed by atoms with Crippen LogP contribution in [-0.4, -0.2) is 50.5 Å². The van der Waals surface area contributed by atoms with E-state index < -0.39 is 0 Å². The maximum atomic E-state index is 12.5. The van der Waals surface area contributed by atoms with Crippen LogP contribution in [0.15, 0.2) is 28.9 Å². The number of carbonyl (C=O) groups is 1. The number of hydrogen-bond donors (Lipinski definition) is 0. The molecule has 2 aromatic rings. The summed E-state index contributed by atoms with van der Waals surface area (Å²) in [5.74, 6) is 1.71. The van der Waals surface area contributed by atoms with Crippen LogP contribution in [0, 0.1) is 5.41 Å². The van der Waals surface area contributed by atoms with Crippen molar-refractivity contribution < 1.29 is 9.32 Å². The maximum absolute atomic E-state index is 12.5. The van der Waals surface area contributed by atoms with Crippen LogP contribution in [0.2, 0.25) is 0 Å². The number of aromatic nitrogens is 3. The minimum atomic E-state index is 0.165. The Labute approximate surface area is 159 Å². The largest absolute Gasteiger partial charge is 0.339 e. The average Bonchev–Trinajstić information content (AvgIpc) is 3.14. The Morgan fingerprint density at radius 2 is 2.15 bits per heavy atom. The van der Waals surface area contributed by atoms with Crippen molar-refractivity contribution in [1.82, 2.24) is 24.9 Å². The first-order chi connectivity index (χ1) is 13.2. The second-order valence-corrected chi connectivity index (χ2v) is 7.84. The zero-order valence-corrected chi connectivity index (χ0v) is 15.9. The molecule has 4 rings (SSSR count). The molecule has 0 aromatic carbocycles. The first-order valence-corrected chi connectivity index (χ1v) is 9.87. The van der Waals surface area contributed by atoms with Crippen molar-refractivity contribution in [1.29, 1.82) is 0 Å². The van der Waals surface area contributed by atoms with Gasteiger partial charge in [-0.25, -0.2) is 0 Å². The summed E-state index contributed by atoms with van der Waals surface area (Å²) < 4.78 is 5.24. The molecule has 27 heavy (non-hydrogen) atoms. The lowest BCUT2D eigenvalue weighted by Crippen LogP contribution is -2.53. The van der Waals surface area contributed by atoms with Crippen molar-refractivity contribution in [3.8, 4) is 0 Å². The van der Waals surface area contributed by atoms with Gasteiger partial charge < -0.3 is 9.42 Å². The van der Waals surface area contributed by atoms with Crippen molar-refractivity contribution in [2.75, 3.05) is 19.6 Å². The van der Waals surface area contributed by atoms with E-state index in [9.17, 15) is 4.79 Å². The predicted octanol–water partition coefficient (Wildman–Crippen LogP) is 2.43. The summed E-state index contributed by atoms with van der Waals surface area (Å²) >= 11 is 0. The normalized spacial score (nSPS) is 23.9. The first kappa shape index (κ1) is 18.1. The smallest absolute Gasteiger partial charge is 0.226 e. The van der Waals surface area contributed by atoms with Gasteiger partial charge in [0, 0.05) is 37.5 Å². The Kier molecular flexibility index (Phi) is 5.20. The zero-order valence-electron chi connectivity index (χ0n) is 15.9. The van der Waals surface area contributed by atoms with Crippen molar-refractivity contribution in [3.05, 3.63) is 41.8 Å². The standard InChI is InChI=1S/C20H27N5O2/c1-2-18-22-17(23-27-18)13-24-11-5-8-20(14-24)9-7-19(26)25(15-20)12-16-6-3-4-10-21-16/h3-4,6,10H,2,5,7-9,11-15H2,1H3/t20-/m0/s1. The molecule has 2 aromatic heterocycles. The number of pyridine rings is 1. The highest BCUT2D eigenvalue weighted by molar-refractivity contribution is 5.77. The van der Waals surface area contributed by atoms with Gasteiger partial charge in [0.05, 0.1) is 18.8 Å². The molecule has 2 aliphatic heterocycles. The van der Waals surface area contributed by atoms with Crippen LogP contribution in [0.3, 0.4) is 0 Å². The maximum Gasteiger partial charge on any atom is 0.226 e. The third-order valence-electron chi connectivity index (χ3n) is 5.75. The Bertz CT molecular complexity index is 778. The van der Waals surface area contributed by atoms with Gasteiger partial charge in [-0.2, -0.15) is 4.98 Å². The fourth-order valence-electron chi connectivity index (χ4n) is 4.41. The van der Waals surface area contributed by atoms with E-state index in [0.717, 1.165) is 57.0 Å². The van der Waals surface area contributed by atoms with E-state index in [1.807, 2.05) is 30.0 Å². The summed E-state index contributed by atoms with van der Waals surface area (Å²) in [6.45, 7) is 6.18. The summed E-state index contributed by atoms with van der Waals surface area (Å²) in [5, 5.41) is 4.10. The topological polar surface area (TPSA) is 75.4 Å². The molecule has 2 fully saturated rings. The minimum Gasteiger partial charge on any atom is -0.339 e. The molecule has 144 valence electrons. The fourth-order valence-corrected chi connectivity index (χ4v) is 4.41. The van der Waals surface area contributed by atoms with Crippen LogP contribution in [0.25, 0.3) is 0 Å². The van der Waals surface area contributed by atoms with Gasteiger partial charge in [0.2, 0.25) is 11.8 Å². The number of amides is 1. The highest BCUT2D eigenvalue weighted by Gasteiger charge is 2.41. The summed E-state index contributed by atoms with van der Waals surface area (Å²) in [6, 6.07) is 5.87. The van der Waals surface area contributed by atoms with E-state index in [2.05, 4.69) is 20.0 Å². The molecular weight excluding hydrogens is 342 g/mol. The molecule has 0 radical (unpaired) electrons. The second-order valence-electron chi connectivity index (χ2n) is 7.84. The molecule has 0 aliphatic carbocycles. The lowest BCUT2D eigenvalue weighted by Gasteiger charge is -2.48. The monoisotopic (exact) mass is 369 g/mol. The summed E-state index contributed by atoms with van der Waals surface area (Å²) in [5.41, 5.74) is 1.12. The van der Waals surface area contributed by atoms with E-state index in [1.54, 1.807) is 6.20 Å². The fraction of sp³-hybridized carbons (Fsp3) is 0.600. The van der Waals surface area contributed by atoms with Crippen molar-refractivity contribution in [3.63, 3.8) is 0 Å². The molecule has 1 spiro atoms. The predicted molar refractivity (Wildman–Crippen MR) is 99.5 cm³/mol. The van der Waals surface area contributed by atoms with E-state index in [1.165, 1.54) is 6.42 Å². The van der Waals surface area contributed by atoms with Crippen LogP contribution < -0.4 is 0 Å². The quantitative estimate of drug-likeness (QED) is 0.806. The van der Waals surface area contributed by atoms with Gasteiger partial charge >= 0.3 is 0 Å². The van der Waals surface area contributed by atoms with Crippen LogP contribution in [0.5, 0.6) is 0 Å². The molecule has 4 heterocycles. The minimum absolute atomic E-state index is 0.165. The SMILES string of the molecule is CCc1nc(CN2CCC[C@]3(CCC(=O)N(Cc4ccccn4)C3)C2)no1. The highest BCUT2D eigenvalue weighted by Crippen LogP contribution is 2.39. The number of rotatable bonds is 5. The van der Waals surface area contributed by atoms with Crippen LogP contribution in [-0.2, 0) is 24.3 Å². The molecule has 1 amide bonds. The molecule has 2 aliphatic rings. The molecule has 7 heteroatoms. The lowest BCUT2D eigenvalue weighted by atomic mass is 9.73.